The van der Waals surface area contributed by atoms with Gasteiger partial charge < -0.3 is 19.4 Å². The Balaban J connectivity index is 1.76. The van der Waals surface area contributed by atoms with Gasteiger partial charge in [0.15, 0.2) is 11.0 Å². The summed E-state index contributed by atoms with van der Waals surface area (Å²) < 4.78 is 11.0. The molecule has 2 saturated heterocycles. The second kappa shape index (κ2) is 5.02. The molecule has 6 nitrogen and oxygen atoms in total. The third-order valence-corrected chi connectivity index (χ3v) is 3.15. The molecule has 0 radical (unpaired) electrons. The van der Waals surface area contributed by atoms with Crippen molar-refractivity contribution >= 4 is 35.2 Å². The van der Waals surface area contributed by atoms with Gasteiger partial charge in [-0.2, -0.15) is 0 Å². The number of rotatable bonds is 2. The highest BCUT2D eigenvalue weighted by Crippen LogP contribution is 2.21. The average molecular weight is 279 g/mol. The van der Waals surface area contributed by atoms with E-state index in [1.165, 1.54) is 0 Å². The van der Waals surface area contributed by atoms with Crippen LogP contribution in [0.15, 0.2) is 22.2 Å². The van der Waals surface area contributed by atoms with Gasteiger partial charge in [0.25, 0.3) is 5.91 Å². The van der Waals surface area contributed by atoms with Gasteiger partial charge in [0, 0.05) is 25.2 Å². The zero-order chi connectivity index (χ0) is 13.2. The smallest absolute Gasteiger partial charge is 0.274 e. The lowest BCUT2D eigenvalue weighted by Gasteiger charge is -2.26. The SMILES string of the molecule is O=C1NC(=S)N/C1=C/c1ccc(N2CCOCC2)o1. The van der Waals surface area contributed by atoms with Gasteiger partial charge in [-0.3, -0.25) is 10.1 Å². The van der Waals surface area contributed by atoms with Crippen LogP contribution in [0.3, 0.4) is 0 Å². The molecule has 0 saturated carbocycles. The molecule has 2 aliphatic heterocycles. The van der Waals surface area contributed by atoms with E-state index in [2.05, 4.69) is 15.5 Å². The fourth-order valence-corrected chi connectivity index (χ4v) is 2.20. The van der Waals surface area contributed by atoms with Crippen molar-refractivity contribution in [2.75, 3.05) is 31.2 Å². The third-order valence-electron chi connectivity index (χ3n) is 2.94. The molecule has 0 spiro atoms. The topological polar surface area (TPSA) is 66.7 Å². The largest absolute Gasteiger partial charge is 0.441 e. The molecule has 0 atom stereocenters. The predicted octanol–water partition coefficient (Wildman–Crippen LogP) is 0.461. The first-order valence-electron chi connectivity index (χ1n) is 5.99. The highest BCUT2D eigenvalue weighted by molar-refractivity contribution is 7.80. The van der Waals surface area contributed by atoms with Gasteiger partial charge in [-0.1, -0.05) is 0 Å². The van der Waals surface area contributed by atoms with Crippen LogP contribution in [0.2, 0.25) is 0 Å². The highest BCUT2D eigenvalue weighted by atomic mass is 32.1. The fraction of sp³-hybridized carbons (Fsp3) is 0.333. The number of amides is 1. The summed E-state index contributed by atoms with van der Waals surface area (Å²) in [5.74, 6) is 1.16. The molecular weight excluding hydrogens is 266 g/mol. The summed E-state index contributed by atoms with van der Waals surface area (Å²) in [5, 5.41) is 5.60. The van der Waals surface area contributed by atoms with E-state index in [1.54, 1.807) is 6.08 Å². The Hall–Kier alpha value is -1.86. The molecule has 3 rings (SSSR count). The summed E-state index contributed by atoms with van der Waals surface area (Å²) in [6.45, 7) is 3.03. The lowest BCUT2D eigenvalue weighted by atomic mass is 10.3. The molecule has 0 aromatic carbocycles. The van der Waals surface area contributed by atoms with Gasteiger partial charge in [-0.05, 0) is 18.3 Å². The van der Waals surface area contributed by atoms with Gasteiger partial charge in [0.2, 0.25) is 0 Å². The van der Waals surface area contributed by atoms with Crippen LogP contribution < -0.4 is 15.5 Å². The van der Waals surface area contributed by atoms with Gasteiger partial charge in [-0.15, -0.1) is 0 Å². The first-order valence-corrected chi connectivity index (χ1v) is 6.40. The van der Waals surface area contributed by atoms with Crippen LogP contribution in [-0.2, 0) is 9.53 Å². The zero-order valence-electron chi connectivity index (χ0n) is 10.1. The number of carbonyl (C=O) groups excluding carboxylic acids is 1. The summed E-state index contributed by atoms with van der Waals surface area (Å²) in [6.07, 6.45) is 1.64. The van der Waals surface area contributed by atoms with E-state index in [0.29, 0.717) is 29.8 Å². The van der Waals surface area contributed by atoms with Crippen LogP contribution in [0.1, 0.15) is 5.76 Å². The van der Waals surface area contributed by atoms with Crippen LogP contribution >= 0.6 is 12.2 Å². The second-order valence-electron chi connectivity index (χ2n) is 4.24. The third kappa shape index (κ3) is 2.61. The molecule has 0 unspecified atom stereocenters. The number of thiocarbonyl (C=S) groups is 1. The normalized spacial score (nSPS) is 21.7. The lowest BCUT2D eigenvalue weighted by Crippen LogP contribution is -2.35. The molecule has 0 aliphatic carbocycles. The number of hydrogen-bond donors (Lipinski definition) is 2. The molecule has 100 valence electrons. The zero-order valence-corrected chi connectivity index (χ0v) is 11.0. The number of ether oxygens (including phenoxy) is 1. The van der Waals surface area contributed by atoms with Crippen molar-refractivity contribution in [3.8, 4) is 0 Å². The quantitative estimate of drug-likeness (QED) is 0.606. The Morgan fingerprint density at radius 3 is 2.74 bits per heavy atom. The van der Waals surface area contributed by atoms with E-state index >= 15 is 0 Å². The number of carbonyl (C=O) groups is 1. The molecule has 3 heterocycles. The maximum atomic E-state index is 11.5. The van der Waals surface area contributed by atoms with Crippen LogP contribution in [0, 0.1) is 0 Å². The lowest BCUT2D eigenvalue weighted by molar-refractivity contribution is -0.115. The molecule has 19 heavy (non-hydrogen) atoms. The van der Waals surface area contributed by atoms with E-state index < -0.39 is 0 Å². The predicted molar refractivity (Wildman–Crippen MR) is 73.6 cm³/mol. The number of nitrogens with zero attached hydrogens (tertiary/aromatic N) is 1. The Morgan fingerprint density at radius 2 is 2.05 bits per heavy atom. The molecule has 2 N–H and O–H groups in total. The molecular formula is C12H13N3O3S. The van der Waals surface area contributed by atoms with E-state index in [0.717, 1.165) is 19.0 Å². The summed E-state index contributed by atoms with van der Waals surface area (Å²) in [5.41, 5.74) is 0.396. The molecule has 1 amide bonds. The molecule has 1 aromatic rings. The number of morpholine rings is 1. The number of nitrogens with one attached hydrogen (secondary N) is 2. The van der Waals surface area contributed by atoms with Crippen molar-refractivity contribution in [2.45, 2.75) is 0 Å². The van der Waals surface area contributed by atoms with E-state index in [1.807, 2.05) is 12.1 Å². The van der Waals surface area contributed by atoms with Gasteiger partial charge in [-0.25, -0.2) is 0 Å². The maximum Gasteiger partial charge on any atom is 0.274 e. The molecule has 2 fully saturated rings. The first kappa shape index (κ1) is 12.2. The standard InChI is InChI=1S/C12H13N3O3S/c16-11-9(13-12(19)14-11)7-8-1-2-10(18-8)15-3-5-17-6-4-15/h1-2,7H,3-6H2,(H2,13,14,16,19)/b9-7+. The highest BCUT2D eigenvalue weighted by Gasteiger charge is 2.21. The van der Waals surface area contributed by atoms with Crippen molar-refractivity contribution in [1.29, 1.82) is 0 Å². The minimum absolute atomic E-state index is 0.241. The number of hydrogen-bond acceptors (Lipinski definition) is 5. The maximum absolute atomic E-state index is 11.5. The van der Waals surface area contributed by atoms with Crippen LogP contribution in [-0.4, -0.2) is 37.3 Å². The van der Waals surface area contributed by atoms with Gasteiger partial charge in [0.1, 0.15) is 11.5 Å². The van der Waals surface area contributed by atoms with Gasteiger partial charge in [0.05, 0.1) is 13.2 Å². The van der Waals surface area contributed by atoms with Crippen molar-refractivity contribution in [1.82, 2.24) is 10.6 Å². The van der Waals surface area contributed by atoms with E-state index in [-0.39, 0.29) is 5.91 Å². The Bertz CT molecular complexity index is 546. The molecule has 7 heteroatoms. The van der Waals surface area contributed by atoms with Crippen molar-refractivity contribution in [3.63, 3.8) is 0 Å². The fourth-order valence-electron chi connectivity index (χ4n) is 2.00. The molecule has 0 bridgehead atoms. The summed E-state index contributed by atoms with van der Waals surface area (Å²) in [7, 11) is 0. The molecule has 1 aromatic heterocycles. The monoisotopic (exact) mass is 279 g/mol. The Morgan fingerprint density at radius 1 is 1.26 bits per heavy atom. The van der Waals surface area contributed by atoms with Crippen molar-refractivity contribution in [2.24, 2.45) is 0 Å². The summed E-state index contributed by atoms with van der Waals surface area (Å²) >= 11 is 4.86. The summed E-state index contributed by atoms with van der Waals surface area (Å²) in [6, 6.07) is 3.72. The minimum atomic E-state index is -0.241. The van der Waals surface area contributed by atoms with Crippen molar-refractivity contribution < 1.29 is 13.9 Å². The van der Waals surface area contributed by atoms with E-state index in [9.17, 15) is 4.79 Å². The number of furan rings is 1. The van der Waals surface area contributed by atoms with Crippen molar-refractivity contribution in [3.05, 3.63) is 23.6 Å². The average Bonchev–Trinajstić information content (AvgIpc) is 2.99. The van der Waals surface area contributed by atoms with E-state index in [4.69, 9.17) is 21.4 Å². The first-order chi connectivity index (χ1) is 9.22. The molecule has 2 aliphatic rings. The van der Waals surface area contributed by atoms with Gasteiger partial charge >= 0.3 is 0 Å². The second-order valence-corrected chi connectivity index (χ2v) is 4.65. The Kier molecular flexibility index (Phi) is 3.22. The minimum Gasteiger partial charge on any atom is -0.441 e. The van der Waals surface area contributed by atoms with Crippen LogP contribution in [0.25, 0.3) is 6.08 Å². The Labute approximate surface area is 115 Å². The number of anilines is 1. The summed E-state index contributed by atoms with van der Waals surface area (Å²) in [4.78, 5) is 13.6. The van der Waals surface area contributed by atoms with Crippen LogP contribution in [0.4, 0.5) is 5.88 Å². The van der Waals surface area contributed by atoms with Crippen LogP contribution in [0.5, 0.6) is 0 Å².